The Morgan fingerprint density at radius 3 is 2.35 bits per heavy atom. The highest BCUT2D eigenvalue weighted by atomic mass is 32.2. The maximum absolute atomic E-state index is 12.4. The maximum Gasteiger partial charge on any atom is 0.251 e. The molecule has 0 radical (unpaired) electrons. The van der Waals surface area contributed by atoms with Gasteiger partial charge in [0.1, 0.15) is 5.75 Å². The number of nitrogens with one attached hydrogen (secondary N) is 1. The highest BCUT2D eigenvalue weighted by molar-refractivity contribution is 7.89. The van der Waals surface area contributed by atoms with Crippen molar-refractivity contribution in [1.29, 1.82) is 0 Å². The van der Waals surface area contributed by atoms with Gasteiger partial charge in [0.2, 0.25) is 10.0 Å². The third-order valence-electron chi connectivity index (χ3n) is 4.07. The molecule has 1 N–H and O–H groups in total. The number of aryl methyl sites for hydroxylation is 1. The second kappa shape index (κ2) is 8.33. The standard InChI is InChI=1S/C19H24N2O4S/c1-14-5-8-16(13-18(14)26(23,24)21(2)3)19(22)20-12-11-15-6-9-17(25-4)10-7-15/h5-10,13H,11-12H2,1-4H3,(H,20,22). The fraction of sp³-hybridized carbons (Fsp3) is 0.316. The van der Waals surface area contributed by atoms with Gasteiger partial charge >= 0.3 is 0 Å². The molecule has 0 saturated carbocycles. The van der Waals surface area contributed by atoms with Crippen LogP contribution in [0.2, 0.25) is 0 Å². The predicted octanol–water partition coefficient (Wildman–Crippen LogP) is 2.23. The van der Waals surface area contributed by atoms with Crippen molar-refractivity contribution < 1.29 is 17.9 Å². The van der Waals surface area contributed by atoms with Gasteiger partial charge in [0.25, 0.3) is 5.91 Å². The van der Waals surface area contributed by atoms with Crippen LogP contribution in [0.3, 0.4) is 0 Å². The van der Waals surface area contributed by atoms with Crippen molar-refractivity contribution in [3.05, 3.63) is 59.2 Å². The van der Waals surface area contributed by atoms with Gasteiger partial charge in [0, 0.05) is 26.2 Å². The van der Waals surface area contributed by atoms with Crippen molar-refractivity contribution in [2.75, 3.05) is 27.7 Å². The van der Waals surface area contributed by atoms with E-state index in [0.717, 1.165) is 15.6 Å². The molecule has 0 aliphatic heterocycles. The van der Waals surface area contributed by atoms with E-state index in [0.29, 0.717) is 24.1 Å². The Morgan fingerprint density at radius 2 is 1.77 bits per heavy atom. The van der Waals surface area contributed by atoms with Crippen LogP contribution < -0.4 is 10.1 Å². The van der Waals surface area contributed by atoms with Gasteiger partial charge in [-0.2, -0.15) is 0 Å². The van der Waals surface area contributed by atoms with Crippen molar-refractivity contribution in [3.63, 3.8) is 0 Å². The molecule has 0 unspecified atom stereocenters. The summed E-state index contributed by atoms with van der Waals surface area (Å²) < 4.78 is 31.0. The molecule has 2 rings (SSSR count). The molecule has 0 saturated heterocycles. The zero-order valence-corrected chi connectivity index (χ0v) is 16.3. The molecular formula is C19H24N2O4S. The van der Waals surface area contributed by atoms with Crippen molar-refractivity contribution in [2.45, 2.75) is 18.2 Å². The Bertz CT molecular complexity index is 875. The van der Waals surface area contributed by atoms with Gasteiger partial charge in [0.05, 0.1) is 12.0 Å². The highest BCUT2D eigenvalue weighted by Gasteiger charge is 2.21. The summed E-state index contributed by atoms with van der Waals surface area (Å²) in [6, 6.07) is 12.3. The summed E-state index contributed by atoms with van der Waals surface area (Å²) in [5.74, 6) is 0.487. The molecule has 0 fully saturated rings. The normalized spacial score (nSPS) is 11.4. The lowest BCUT2D eigenvalue weighted by Crippen LogP contribution is -2.27. The minimum absolute atomic E-state index is 0.144. The molecule has 2 aromatic carbocycles. The van der Waals surface area contributed by atoms with Gasteiger partial charge in [-0.15, -0.1) is 0 Å². The van der Waals surface area contributed by atoms with Crippen LogP contribution >= 0.6 is 0 Å². The molecule has 1 amide bonds. The largest absolute Gasteiger partial charge is 0.497 e. The van der Waals surface area contributed by atoms with Crippen LogP contribution in [-0.4, -0.2) is 46.4 Å². The van der Waals surface area contributed by atoms with Gasteiger partial charge < -0.3 is 10.1 Å². The van der Waals surface area contributed by atoms with Crippen LogP contribution in [0.5, 0.6) is 5.75 Å². The molecule has 0 spiro atoms. The summed E-state index contributed by atoms with van der Waals surface area (Å²) in [5.41, 5.74) is 2.00. The molecule has 140 valence electrons. The molecule has 7 heteroatoms. The lowest BCUT2D eigenvalue weighted by Gasteiger charge is -2.14. The molecule has 0 bridgehead atoms. The van der Waals surface area contributed by atoms with E-state index < -0.39 is 10.0 Å². The number of carbonyl (C=O) groups is 1. The van der Waals surface area contributed by atoms with Crippen LogP contribution in [-0.2, 0) is 16.4 Å². The number of carbonyl (C=O) groups excluding carboxylic acids is 1. The Hall–Kier alpha value is -2.38. The average Bonchev–Trinajstić information content (AvgIpc) is 2.62. The first kappa shape index (κ1) is 19.9. The van der Waals surface area contributed by atoms with E-state index in [9.17, 15) is 13.2 Å². The summed E-state index contributed by atoms with van der Waals surface area (Å²) in [6.07, 6.45) is 0.671. The molecule has 0 atom stereocenters. The zero-order chi connectivity index (χ0) is 19.3. The van der Waals surface area contributed by atoms with Crippen molar-refractivity contribution in [3.8, 4) is 5.75 Å². The van der Waals surface area contributed by atoms with Crippen LogP contribution in [0, 0.1) is 6.92 Å². The van der Waals surface area contributed by atoms with Crippen LogP contribution in [0.4, 0.5) is 0 Å². The molecule has 26 heavy (non-hydrogen) atoms. The molecule has 0 aliphatic rings. The number of hydrogen-bond acceptors (Lipinski definition) is 4. The number of ether oxygens (including phenoxy) is 1. The summed E-state index contributed by atoms with van der Waals surface area (Å²) in [4.78, 5) is 12.5. The Kier molecular flexibility index (Phi) is 6.39. The van der Waals surface area contributed by atoms with Gasteiger partial charge in [-0.3, -0.25) is 4.79 Å². The number of sulfonamides is 1. The molecule has 2 aromatic rings. The van der Waals surface area contributed by atoms with Crippen LogP contribution in [0.1, 0.15) is 21.5 Å². The minimum atomic E-state index is -3.59. The summed E-state index contributed by atoms with van der Waals surface area (Å²) in [6.45, 7) is 2.16. The third-order valence-corrected chi connectivity index (χ3v) is 6.02. The molecule has 0 aliphatic carbocycles. The first-order chi connectivity index (χ1) is 12.3. The average molecular weight is 376 g/mol. The fourth-order valence-electron chi connectivity index (χ4n) is 2.43. The summed E-state index contributed by atoms with van der Waals surface area (Å²) in [5, 5.41) is 2.82. The number of hydrogen-bond donors (Lipinski definition) is 1. The number of amides is 1. The van der Waals surface area contributed by atoms with Crippen LogP contribution in [0.15, 0.2) is 47.4 Å². The minimum Gasteiger partial charge on any atom is -0.497 e. The van der Waals surface area contributed by atoms with E-state index in [4.69, 9.17) is 4.74 Å². The molecule has 0 aromatic heterocycles. The second-order valence-electron chi connectivity index (χ2n) is 6.12. The van der Waals surface area contributed by atoms with E-state index in [-0.39, 0.29) is 10.8 Å². The molecular weight excluding hydrogens is 352 g/mol. The molecule has 0 heterocycles. The van der Waals surface area contributed by atoms with Gasteiger partial charge in [-0.1, -0.05) is 18.2 Å². The first-order valence-corrected chi connectivity index (χ1v) is 9.64. The van der Waals surface area contributed by atoms with E-state index in [1.807, 2.05) is 24.3 Å². The number of rotatable bonds is 7. The van der Waals surface area contributed by atoms with Gasteiger partial charge in [-0.25, -0.2) is 12.7 Å². The van der Waals surface area contributed by atoms with Crippen molar-refractivity contribution in [2.24, 2.45) is 0 Å². The van der Waals surface area contributed by atoms with Gasteiger partial charge in [0.15, 0.2) is 0 Å². The van der Waals surface area contributed by atoms with E-state index in [2.05, 4.69) is 5.32 Å². The summed E-state index contributed by atoms with van der Waals surface area (Å²) >= 11 is 0. The Balaban J connectivity index is 2.05. The monoisotopic (exact) mass is 376 g/mol. The van der Waals surface area contributed by atoms with Crippen LogP contribution in [0.25, 0.3) is 0 Å². The smallest absolute Gasteiger partial charge is 0.251 e. The number of benzene rings is 2. The Labute approximate surface area is 154 Å². The lowest BCUT2D eigenvalue weighted by atomic mass is 10.1. The number of nitrogens with zero attached hydrogens (tertiary/aromatic N) is 1. The second-order valence-corrected chi connectivity index (χ2v) is 8.24. The SMILES string of the molecule is COc1ccc(CCNC(=O)c2ccc(C)c(S(=O)(=O)N(C)C)c2)cc1. The highest BCUT2D eigenvalue weighted by Crippen LogP contribution is 2.20. The maximum atomic E-state index is 12.4. The number of methoxy groups -OCH3 is 1. The molecule has 6 nitrogen and oxygen atoms in total. The zero-order valence-electron chi connectivity index (χ0n) is 15.4. The summed E-state index contributed by atoms with van der Waals surface area (Å²) in [7, 11) is 0.958. The topological polar surface area (TPSA) is 75.7 Å². The first-order valence-electron chi connectivity index (χ1n) is 8.20. The third kappa shape index (κ3) is 4.62. The van der Waals surface area contributed by atoms with E-state index in [1.54, 1.807) is 26.2 Å². The Morgan fingerprint density at radius 1 is 1.12 bits per heavy atom. The van der Waals surface area contributed by atoms with E-state index >= 15 is 0 Å². The van der Waals surface area contributed by atoms with Gasteiger partial charge in [-0.05, 0) is 48.7 Å². The predicted molar refractivity (Wildman–Crippen MR) is 101 cm³/mol. The van der Waals surface area contributed by atoms with Crippen molar-refractivity contribution >= 4 is 15.9 Å². The fourth-order valence-corrected chi connectivity index (χ4v) is 3.57. The quantitative estimate of drug-likeness (QED) is 0.804. The van der Waals surface area contributed by atoms with E-state index in [1.165, 1.54) is 20.2 Å². The lowest BCUT2D eigenvalue weighted by molar-refractivity contribution is 0.0954. The van der Waals surface area contributed by atoms with Crippen molar-refractivity contribution in [1.82, 2.24) is 9.62 Å².